The number of aryl methyl sites for hydroxylation is 1. The Kier molecular flexibility index (Phi) is 9.00. The van der Waals surface area contributed by atoms with Crippen LogP contribution in [0.3, 0.4) is 0 Å². The van der Waals surface area contributed by atoms with E-state index in [1.807, 2.05) is 46.6 Å². The molecule has 0 radical (unpaired) electrons. The van der Waals surface area contributed by atoms with Crippen LogP contribution in [0.4, 0.5) is 35.2 Å². The number of benzene rings is 1. The van der Waals surface area contributed by atoms with E-state index >= 15 is 0 Å². The second-order valence-corrected chi connectivity index (χ2v) is 14.1. The number of urea groups is 1. The Bertz CT molecular complexity index is 2200. The Morgan fingerprint density at radius 3 is 2.55 bits per heavy atom. The third-order valence-electron chi connectivity index (χ3n) is 10.6. The zero-order chi connectivity index (χ0) is 36.9. The zero-order valence-electron chi connectivity index (χ0n) is 29.1. The molecule has 1 saturated carbocycles. The molecule has 0 atom stereocenters. The fourth-order valence-corrected chi connectivity index (χ4v) is 7.76. The Morgan fingerprint density at radius 2 is 1.79 bits per heavy atom. The van der Waals surface area contributed by atoms with Crippen LogP contribution in [-0.4, -0.2) is 86.2 Å². The smallest absolute Gasteiger partial charge is 0.366 e. The van der Waals surface area contributed by atoms with Crippen molar-refractivity contribution in [2.45, 2.75) is 51.2 Å². The summed E-state index contributed by atoms with van der Waals surface area (Å²) >= 11 is 0. The van der Waals surface area contributed by atoms with E-state index in [0.717, 1.165) is 92.3 Å². The van der Waals surface area contributed by atoms with Crippen molar-refractivity contribution >= 4 is 51.6 Å². The zero-order valence-corrected chi connectivity index (χ0v) is 29.1. The van der Waals surface area contributed by atoms with Gasteiger partial charge in [0.05, 0.1) is 23.4 Å². The van der Waals surface area contributed by atoms with Crippen LogP contribution in [0, 0.1) is 12.8 Å². The molecule has 1 aliphatic carbocycles. The number of imide groups is 1. The molecule has 0 spiro atoms. The third kappa shape index (κ3) is 7.02. The number of amides is 4. The van der Waals surface area contributed by atoms with E-state index in [4.69, 9.17) is 5.10 Å². The van der Waals surface area contributed by atoms with Crippen LogP contribution in [0.1, 0.15) is 59.9 Å². The van der Waals surface area contributed by atoms with Gasteiger partial charge in [-0.25, -0.2) is 14.8 Å². The topological polar surface area (TPSA) is 133 Å². The molecule has 8 rings (SSSR count). The summed E-state index contributed by atoms with van der Waals surface area (Å²) in [5.74, 6) is 0.260. The Balaban J connectivity index is 0.849. The molecular weight excluding hydrogens is 689 g/mol. The van der Waals surface area contributed by atoms with Gasteiger partial charge in [0.1, 0.15) is 17.2 Å². The molecule has 3 fully saturated rings. The number of halogens is 3. The molecule has 5 aromatic rings. The van der Waals surface area contributed by atoms with E-state index in [1.54, 1.807) is 11.1 Å². The highest BCUT2D eigenvalue weighted by Crippen LogP contribution is 2.35. The van der Waals surface area contributed by atoms with E-state index in [0.29, 0.717) is 24.0 Å². The molecule has 4 amide bonds. The lowest BCUT2D eigenvalue weighted by Crippen LogP contribution is -2.50. The number of alkyl halides is 3. The van der Waals surface area contributed by atoms with E-state index < -0.39 is 23.8 Å². The number of nitrogens with zero attached hydrogens (tertiary/aromatic N) is 8. The lowest BCUT2D eigenvalue weighted by atomic mass is 9.85. The minimum atomic E-state index is -4.64. The van der Waals surface area contributed by atoms with Crippen molar-refractivity contribution in [3.63, 3.8) is 0 Å². The lowest BCUT2D eigenvalue weighted by Gasteiger charge is -2.39. The van der Waals surface area contributed by atoms with Crippen molar-refractivity contribution in [2.24, 2.45) is 5.92 Å². The number of imidazole rings is 1. The molecule has 3 aliphatic rings. The number of pyridine rings is 2. The van der Waals surface area contributed by atoms with Gasteiger partial charge in [-0.1, -0.05) is 6.07 Å². The van der Waals surface area contributed by atoms with E-state index in [9.17, 15) is 27.6 Å². The highest BCUT2D eigenvalue weighted by molar-refractivity contribution is 6.05. The van der Waals surface area contributed by atoms with Crippen molar-refractivity contribution in [1.82, 2.24) is 34.4 Å². The van der Waals surface area contributed by atoms with Gasteiger partial charge in [-0.3, -0.25) is 33.8 Å². The molecular formula is C37H39F3N10O3. The van der Waals surface area contributed by atoms with Crippen LogP contribution in [0.15, 0.2) is 61.1 Å². The van der Waals surface area contributed by atoms with Crippen molar-refractivity contribution in [3.8, 4) is 0 Å². The van der Waals surface area contributed by atoms with Gasteiger partial charge in [0.15, 0.2) is 5.65 Å². The van der Waals surface area contributed by atoms with Crippen molar-refractivity contribution in [3.05, 3.63) is 78.0 Å². The largest absolute Gasteiger partial charge is 0.433 e. The molecule has 2 aliphatic heterocycles. The number of piperazine rings is 1. The quantitative estimate of drug-likeness (QED) is 0.220. The maximum atomic E-state index is 13.1. The SMILES string of the molecule is Cc1cc2nn([C@H]3CC[C@H](CN4CCN(c5cccn6c(N7CCC(=O)NC7=O)cnc56)CC4)CC3)cc2cc1NC(=O)c1cccc(C(F)(F)F)n1. The lowest BCUT2D eigenvalue weighted by molar-refractivity contribution is -0.141. The van der Waals surface area contributed by atoms with E-state index in [1.165, 1.54) is 12.1 Å². The summed E-state index contributed by atoms with van der Waals surface area (Å²) in [7, 11) is 0. The summed E-state index contributed by atoms with van der Waals surface area (Å²) in [5, 5.41) is 10.8. The van der Waals surface area contributed by atoms with Gasteiger partial charge in [-0.05, 0) is 80.5 Å². The summed E-state index contributed by atoms with van der Waals surface area (Å²) in [6, 6.07) is 10.8. The third-order valence-corrected chi connectivity index (χ3v) is 10.6. The van der Waals surface area contributed by atoms with E-state index in [2.05, 4.69) is 36.5 Å². The number of nitrogens with one attached hydrogen (secondary N) is 2. The predicted molar refractivity (Wildman–Crippen MR) is 192 cm³/mol. The fraction of sp³-hybridized carbons (Fsp3) is 0.405. The second kappa shape index (κ2) is 13.8. The minimum absolute atomic E-state index is 0.253. The van der Waals surface area contributed by atoms with Crippen molar-refractivity contribution in [1.29, 1.82) is 0 Å². The Morgan fingerprint density at radius 1 is 1.00 bits per heavy atom. The predicted octanol–water partition coefficient (Wildman–Crippen LogP) is 5.66. The average molecular weight is 729 g/mol. The van der Waals surface area contributed by atoms with Crippen molar-refractivity contribution in [2.75, 3.05) is 54.4 Å². The highest BCUT2D eigenvalue weighted by Gasteiger charge is 2.33. The number of aromatic nitrogens is 5. The van der Waals surface area contributed by atoms with Crippen LogP contribution in [0.5, 0.6) is 0 Å². The number of carbonyl (C=O) groups is 3. The molecule has 1 aromatic carbocycles. The molecule has 0 unspecified atom stereocenters. The molecule has 6 heterocycles. The standard InChI is InChI=1S/C37H39F3N10O3/c1-23-18-29-25(19-28(23)43-35(52)27-4-2-6-31(42-27)37(38,39)40)22-50(45-29)26-9-7-24(8-10-26)21-46-14-16-47(17-15-46)30-5-3-12-48-33(20-41-34(30)48)49-13-11-32(51)44-36(49)53/h2-6,12,18-20,22,24,26H,7-11,13-17,21H2,1H3,(H,43,52)(H,44,51,53)/t24-,26-. The first-order valence-electron chi connectivity index (χ1n) is 17.9. The normalized spacial score (nSPS) is 20.3. The molecule has 2 saturated heterocycles. The molecule has 4 aromatic heterocycles. The second-order valence-electron chi connectivity index (χ2n) is 14.1. The number of hydrogen-bond acceptors (Lipinski definition) is 8. The van der Waals surface area contributed by atoms with Gasteiger partial charge in [-0.15, -0.1) is 0 Å². The monoisotopic (exact) mass is 728 g/mol. The molecule has 53 heavy (non-hydrogen) atoms. The first-order valence-corrected chi connectivity index (χ1v) is 17.9. The fourth-order valence-electron chi connectivity index (χ4n) is 7.76. The average Bonchev–Trinajstić information content (AvgIpc) is 3.76. The number of rotatable bonds is 7. The summed E-state index contributed by atoms with van der Waals surface area (Å²) in [6.45, 7) is 6.82. The van der Waals surface area contributed by atoms with Gasteiger partial charge < -0.3 is 10.2 Å². The van der Waals surface area contributed by atoms with Gasteiger partial charge in [0.2, 0.25) is 5.91 Å². The Labute approximate surface area is 302 Å². The Hall–Kier alpha value is -5.51. The summed E-state index contributed by atoms with van der Waals surface area (Å²) in [5.41, 5.74) is 2.45. The molecule has 276 valence electrons. The van der Waals surface area contributed by atoms with Gasteiger partial charge in [0, 0.05) is 69.2 Å². The van der Waals surface area contributed by atoms with Gasteiger partial charge in [-0.2, -0.15) is 18.3 Å². The van der Waals surface area contributed by atoms with E-state index in [-0.39, 0.29) is 24.1 Å². The van der Waals surface area contributed by atoms with Crippen LogP contribution < -0.4 is 20.4 Å². The molecule has 13 nitrogen and oxygen atoms in total. The van der Waals surface area contributed by atoms with Crippen LogP contribution in [0.2, 0.25) is 0 Å². The molecule has 2 N–H and O–H groups in total. The van der Waals surface area contributed by atoms with Crippen LogP contribution in [0.25, 0.3) is 16.6 Å². The highest BCUT2D eigenvalue weighted by atomic mass is 19.4. The van der Waals surface area contributed by atoms with Crippen LogP contribution >= 0.6 is 0 Å². The maximum absolute atomic E-state index is 13.1. The number of fused-ring (bicyclic) bond motifs is 2. The van der Waals surface area contributed by atoms with Gasteiger partial charge >= 0.3 is 12.2 Å². The molecule has 0 bridgehead atoms. The van der Waals surface area contributed by atoms with Gasteiger partial charge in [0.25, 0.3) is 5.91 Å². The first-order chi connectivity index (χ1) is 25.5. The number of hydrogen-bond donors (Lipinski definition) is 2. The summed E-state index contributed by atoms with van der Waals surface area (Å²) in [4.78, 5) is 51.5. The minimum Gasteiger partial charge on any atom is -0.366 e. The number of anilines is 3. The maximum Gasteiger partial charge on any atom is 0.433 e. The molecule has 16 heteroatoms. The summed E-state index contributed by atoms with van der Waals surface area (Å²) in [6.07, 6.45) is 5.40. The summed E-state index contributed by atoms with van der Waals surface area (Å²) < 4.78 is 43.3. The first kappa shape index (κ1) is 34.6. The number of carbonyl (C=O) groups excluding carboxylic acids is 3. The van der Waals surface area contributed by atoms with Crippen molar-refractivity contribution < 1.29 is 27.6 Å². The van der Waals surface area contributed by atoms with Crippen LogP contribution in [-0.2, 0) is 11.0 Å².